The topological polar surface area (TPSA) is 96.7 Å². The Morgan fingerprint density at radius 3 is 2.82 bits per heavy atom. The number of pyridine rings is 2. The third kappa shape index (κ3) is 4.80. The van der Waals surface area contributed by atoms with Gasteiger partial charge in [0, 0.05) is 30.0 Å². The number of benzene rings is 1. The second kappa shape index (κ2) is 10.8. The van der Waals surface area contributed by atoms with Gasteiger partial charge in [0.1, 0.15) is 47.5 Å². The number of phenolic OH excluding ortho intramolecular Hbond substituents is 1. The molecule has 0 amide bonds. The number of hydrogen-bond acceptors (Lipinski definition) is 9. The molecule has 0 radical (unpaired) electrons. The maximum atomic E-state index is 16.7. The number of anilines is 1. The first-order valence-electron chi connectivity index (χ1n) is 14.5. The summed E-state index contributed by atoms with van der Waals surface area (Å²) in [4.78, 5) is 20.5. The predicted molar refractivity (Wildman–Crippen MR) is 154 cm³/mol. The Morgan fingerprint density at radius 2 is 2.04 bits per heavy atom. The van der Waals surface area contributed by atoms with Crippen LogP contribution in [0.25, 0.3) is 33.1 Å². The van der Waals surface area contributed by atoms with E-state index in [2.05, 4.69) is 25.9 Å². The molecule has 0 aliphatic carbocycles. The molecular weight excluding hydrogens is 599 g/mol. The van der Waals surface area contributed by atoms with Crippen molar-refractivity contribution in [3.63, 3.8) is 0 Å². The number of halogens is 5. The molecule has 3 aromatic heterocycles. The van der Waals surface area contributed by atoms with E-state index < -0.39 is 48.1 Å². The SMILES string of the molecule is C#Cc1c(F)cnc2cc(O)cc(-c3nc4c5c(nc(OC[C@@]67CCCN6C[C@H](F)C7)nc5c3F)N(CC(F)F)[C@@H](C)CO4)c12. The summed E-state index contributed by atoms with van der Waals surface area (Å²) >= 11 is 0. The molecule has 0 bridgehead atoms. The van der Waals surface area contributed by atoms with Crippen LogP contribution in [-0.4, -0.2) is 87.0 Å². The Hall–Kier alpha value is -4.51. The van der Waals surface area contributed by atoms with Gasteiger partial charge in [-0.05, 0) is 32.4 Å². The molecule has 7 rings (SSSR count). The monoisotopic (exact) mass is 626 g/mol. The summed E-state index contributed by atoms with van der Waals surface area (Å²) in [6.07, 6.45) is 4.52. The average Bonchev–Trinajstić information content (AvgIpc) is 3.49. The molecule has 3 aliphatic rings. The van der Waals surface area contributed by atoms with E-state index in [-0.39, 0.29) is 82.6 Å². The quantitative estimate of drug-likeness (QED) is 0.234. The summed E-state index contributed by atoms with van der Waals surface area (Å²) in [5.74, 6) is -0.175. The second-order valence-electron chi connectivity index (χ2n) is 11.7. The number of ether oxygens (including phenoxy) is 2. The fourth-order valence-electron chi connectivity index (χ4n) is 6.83. The van der Waals surface area contributed by atoms with E-state index in [1.54, 1.807) is 6.92 Å². The maximum absolute atomic E-state index is 16.7. The highest BCUT2D eigenvalue weighted by Crippen LogP contribution is 2.44. The molecule has 1 aromatic carbocycles. The Balaban J connectivity index is 1.45. The van der Waals surface area contributed by atoms with Crippen LogP contribution in [0, 0.1) is 24.0 Å². The van der Waals surface area contributed by atoms with Gasteiger partial charge in [-0.2, -0.15) is 9.97 Å². The lowest BCUT2D eigenvalue weighted by atomic mass is 9.95. The number of terminal acetylenes is 1. The van der Waals surface area contributed by atoms with E-state index >= 15 is 4.39 Å². The molecule has 234 valence electrons. The van der Waals surface area contributed by atoms with Crippen molar-refractivity contribution in [3.8, 4) is 41.2 Å². The molecule has 2 saturated heterocycles. The Bertz CT molecular complexity index is 1890. The zero-order valence-electron chi connectivity index (χ0n) is 24.0. The first-order chi connectivity index (χ1) is 21.6. The molecule has 3 atom stereocenters. The molecule has 3 aliphatic heterocycles. The third-order valence-electron chi connectivity index (χ3n) is 8.85. The number of fused-ring (bicyclic) bond motifs is 2. The van der Waals surface area contributed by atoms with Crippen LogP contribution in [0.15, 0.2) is 18.3 Å². The van der Waals surface area contributed by atoms with Crippen molar-refractivity contribution in [1.82, 2.24) is 24.8 Å². The molecule has 14 heteroatoms. The summed E-state index contributed by atoms with van der Waals surface area (Å²) in [5, 5.41) is 10.4. The smallest absolute Gasteiger partial charge is 0.319 e. The van der Waals surface area contributed by atoms with Gasteiger partial charge in [-0.1, -0.05) is 5.92 Å². The van der Waals surface area contributed by atoms with Crippen LogP contribution in [0.3, 0.4) is 0 Å². The van der Waals surface area contributed by atoms with E-state index in [4.69, 9.17) is 15.9 Å². The van der Waals surface area contributed by atoms with Gasteiger partial charge in [0.2, 0.25) is 5.88 Å². The summed E-state index contributed by atoms with van der Waals surface area (Å²) < 4.78 is 85.5. The lowest BCUT2D eigenvalue weighted by Crippen LogP contribution is -2.43. The number of nitrogens with zero attached hydrogens (tertiary/aromatic N) is 6. The van der Waals surface area contributed by atoms with Gasteiger partial charge in [-0.25, -0.2) is 26.9 Å². The Labute approximate surface area is 254 Å². The van der Waals surface area contributed by atoms with E-state index in [0.717, 1.165) is 18.7 Å². The summed E-state index contributed by atoms with van der Waals surface area (Å²) in [5.41, 5.74) is -1.57. The molecule has 4 aromatic rings. The minimum absolute atomic E-state index is 0.0132. The number of aromatic nitrogens is 4. The number of alkyl halides is 3. The molecule has 1 N–H and O–H groups in total. The zero-order valence-corrected chi connectivity index (χ0v) is 24.0. The molecular formula is C31H27F5N6O3. The van der Waals surface area contributed by atoms with Crippen LogP contribution in [-0.2, 0) is 0 Å². The van der Waals surface area contributed by atoms with Crippen molar-refractivity contribution < 1.29 is 36.5 Å². The zero-order chi connectivity index (χ0) is 31.6. The first-order valence-corrected chi connectivity index (χ1v) is 14.5. The van der Waals surface area contributed by atoms with E-state index in [1.807, 2.05) is 4.90 Å². The van der Waals surface area contributed by atoms with E-state index in [9.17, 15) is 22.7 Å². The van der Waals surface area contributed by atoms with Gasteiger partial charge in [0.15, 0.2) is 11.6 Å². The molecule has 0 spiro atoms. The Morgan fingerprint density at radius 1 is 1.22 bits per heavy atom. The molecule has 0 saturated carbocycles. The molecule has 2 fully saturated rings. The van der Waals surface area contributed by atoms with Crippen LogP contribution in [0.1, 0.15) is 31.7 Å². The van der Waals surface area contributed by atoms with E-state index in [1.165, 1.54) is 11.0 Å². The van der Waals surface area contributed by atoms with Gasteiger partial charge in [0.05, 0.1) is 35.4 Å². The standard InChI is InChI=1S/C31H27F5N6O3/c1-3-18-20(33)10-37-21-8-17(43)7-19(23(18)21)26-25(36)27-24-28(42(12-22(34)35)15(2)13-44-29(24)38-26)40-30(39-27)45-14-31-5-4-6-41(31)11-16(32)9-31/h1,7-8,10,15-16,22,43H,4-6,9,11-14H2,2H3/t15-,16+,31-/m0/s1. The molecule has 0 unspecified atom stereocenters. The number of aromatic hydroxyl groups is 1. The average molecular weight is 627 g/mol. The second-order valence-corrected chi connectivity index (χ2v) is 11.7. The van der Waals surface area contributed by atoms with Crippen molar-refractivity contribution in [2.75, 3.05) is 37.7 Å². The minimum atomic E-state index is -2.77. The normalized spacial score (nSPS) is 22.9. The predicted octanol–water partition coefficient (Wildman–Crippen LogP) is 5.01. The van der Waals surface area contributed by atoms with Crippen LogP contribution >= 0.6 is 0 Å². The fourth-order valence-corrected chi connectivity index (χ4v) is 6.83. The highest BCUT2D eigenvalue weighted by molar-refractivity contribution is 6.03. The lowest BCUT2D eigenvalue weighted by molar-refractivity contribution is 0.107. The first kappa shape index (κ1) is 29.2. The summed E-state index contributed by atoms with van der Waals surface area (Å²) in [7, 11) is 0. The van der Waals surface area contributed by atoms with Gasteiger partial charge in [0.25, 0.3) is 6.43 Å². The van der Waals surface area contributed by atoms with Crippen molar-refractivity contribution in [2.24, 2.45) is 0 Å². The van der Waals surface area contributed by atoms with Crippen molar-refractivity contribution in [3.05, 3.63) is 35.5 Å². The lowest BCUT2D eigenvalue weighted by Gasteiger charge is -2.31. The van der Waals surface area contributed by atoms with Gasteiger partial charge in [-0.3, -0.25) is 9.88 Å². The van der Waals surface area contributed by atoms with Crippen molar-refractivity contribution >= 4 is 27.6 Å². The number of hydrogen-bond donors (Lipinski definition) is 1. The van der Waals surface area contributed by atoms with Crippen molar-refractivity contribution in [1.29, 1.82) is 0 Å². The molecule has 9 nitrogen and oxygen atoms in total. The summed E-state index contributed by atoms with van der Waals surface area (Å²) in [6.45, 7) is 1.79. The fraction of sp³-hybridized carbons (Fsp3) is 0.419. The van der Waals surface area contributed by atoms with Crippen molar-refractivity contribution in [2.45, 2.75) is 50.4 Å². The molecule has 6 heterocycles. The van der Waals surface area contributed by atoms with Crippen LogP contribution in [0.4, 0.5) is 27.8 Å². The number of rotatable bonds is 6. The largest absolute Gasteiger partial charge is 0.508 e. The van der Waals surface area contributed by atoms with Gasteiger partial charge in [-0.15, -0.1) is 6.42 Å². The Kier molecular flexibility index (Phi) is 7.03. The van der Waals surface area contributed by atoms with E-state index in [0.29, 0.717) is 13.0 Å². The third-order valence-corrected chi connectivity index (χ3v) is 8.85. The van der Waals surface area contributed by atoms with Gasteiger partial charge >= 0.3 is 6.01 Å². The highest BCUT2D eigenvalue weighted by Gasteiger charge is 2.49. The number of phenols is 1. The van der Waals surface area contributed by atoms with Crippen LogP contribution in [0.2, 0.25) is 0 Å². The summed E-state index contributed by atoms with van der Waals surface area (Å²) in [6, 6.07) is 1.47. The van der Waals surface area contributed by atoms with Gasteiger partial charge < -0.3 is 19.5 Å². The molecule has 45 heavy (non-hydrogen) atoms. The van der Waals surface area contributed by atoms with Crippen LogP contribution in [0.5, 0.6) is 17.6 Å². The maximum Gasteiger partial charge on any atom is 0.319 e. The minimum Gasteiger partial charge on any atom is -0.508 e. The highest BCUT2D eigenvalue weighted by atomic mass is 19.3. The van der Waals surface area contributed by atoms with Crippen LogP contribution < -0.4 is 14.4 Å².